The Morgan fingerprint density at radius 3 is 2.76 bits per heavy atom. The van der Waals surface area contributed by atoms with Crippen LogP contribution >= 0.6 is 11.3 Å². The van der Waals surface area contributed by atoms with Gasteiger partial charge in [-0.25, -0.2) is 0 Å². The lowest BCUT2D eigenvalue weighted by Crippen LogP contribution is -2.12. The fraction of sp³-hybridized carbons (Fsp3) is 0.200. The summed E-state index contributed by atoms with van der Waals surface area (Å²) in [7, 11) is 1.82. The lowest BCUT2D eigenvalue weighted by atomic mass is 10.1. The number of carbonyl (C=O) groups is 1. The summed E-state index contributed by atoms with van der Waals surface area (Å²) in [6.45, 7) is 3.87. The van der Waals surface area contributed by atoms with Crippen LogP contribution in [0.5, 0.6) is 0 Å². The zero-order valence-electron chi connectivity index (χ0n) is 12.1. The molecule has 21 heavy (non-hydrogen) atoms. The molecule has 0 atom stereocenters. The Kier molecular flexibility index (Phi) is 3.17. The first-order valence-corrected chi connectivity index (χ1v) is 7.38. The first-order chi connectivity index (χ1) is 9.97. The number of aromatic nitrogens is 2. The van der Waals surface area contributed by atoms with Gasteiger partial charge >= 0.3 is 0 Å². The number of fused-ring (bicyclic) bond motifs is 1. The highest BCUT2D eigenvalue weighted by Crippen LogP contribution is 2.36. The maximum atomic E-state index is 12.5. The maximum Gasteiger partial charge on any atom is 0.267 e. The van der Waals surface area contributed by atoms with E-state index in [0.29, 0.717) is 16.3 Å². The molecule has 3 aromatic rings. The number of nitrogen functional groups attached to an aromatic ring is 1. The molecule has 0 spiro atoms. The number of carbonyl (C=O) groups excluding carboxylic acids is 1. The van der Waals surface area contributed by atoms with Gasteiger partial charge in [0, 0.05) is 23.3 Å². The van der Waals surface area contributed by atoms with Crippen LogP contribution in [0.15, 0.2) is 24.4 Å². The Balaban J connectivity index is 2.00. The van der Waals surface area contributed by atoms with Gasteiger partial charge in [-0.1, -0.05) is 18.2 Å². The number of benzene rings is 1. The maximum absolute atomic E-state index is 12.5. The largest absolute Gasteiger partial charge is 0.397 e. The summed E-state index contributed by atoms with van der Waals surface area (Å²) in [4.78, 5) is 13.0. The highest BCUT2D eigenvalue weighted by atomic mass is 32.1. The van der Waals surface area contributed by atoms with E-state index >= 15 is 0 Å². The minimum Gasteiger partial charge on any atom is -0.397 e. The fourth-order valence-corrected chi connectivity index (χ4v) is 3.43. The van der Waals surface area contributed by atoms with Crippen LogP contribution in [0.3, 0.4) is 0 Å². The first-order valence-electron chi connectivity index (χ1n) is 6.56. The van der Waals surface area contributed by atoms with Gasteiger partial charge < -0.3 is 11.1 Å². The van der Waals surface area contributed by atoms with E-state index in [1.807, 2.05) is 39.1 Å². The number of nitrogens with two attached hydrogens (primary N) is 1. The van der Waals surface area contributed by atoms with Crippen LogP contribution < -0.4 is 11.1 Å². The van der Waals surface area contributed by atoms with Crippen LogP contribution in [0.25, 0.3) is 10.1 Å². The Hall–Kier alpha value is -2.34. The zero-order valence-corrected chi connectivity index (χ0v) is 12.9. The molecular weight excluding hydrogens is 284 g/mol. The van der Waals surface area contributed by atoms with Crippen molar-refractivity contribution in [3.63, 3.8) is 0 Å². The van der Waals surface area contributed by atoms with Crippen molar-refractivity contribution in [1.29, 1.82) is 0 Å². The third kappa shape index (κ3) is 2.27. The molecule has 2 aromatic heterocycles. The topological polar surface area (TPSA) is 72.9 Å². The Morgan fingerprint density at radius 1 is 1.38 bits per heavy atom. The van der Waals surface area contributed by atoms with E-state index in [1.165, 1.54) is 11.3 Å². The summed E-state index contributed by atoms with van der Waals surface area (Å²) in [5, 5.41) is 8.03. The summed E-state index contributed by atoms with van der Waals surface area (Å²) >= 11 is 1.43. The molecular formula is C15H16N4OS. The summed E-state index contributed by atoms with van der Waals surface area (Å²) < 4.78 is 2.73. The smallest absolute Gasteiger partial charge is 0.267 e. The Morgan fingerprint density at radius 2 is 2.14 bits per heavy atom. The summed E-state index contributed by atoms with van der Waals surface area (Å²) in [5.41, 5.74) is 9.28. The van der Waals surface area contributed by atoms with Crippen molar-refractivity contribution in [3.05, 3.63) is 40.5 Å². The van der Waals surface area contributed by atoms with Crippen LogP contribution in [0.2, 0.25) is 0 Å². The monoisotopic (exact) mass is 300 g/mol. The number of amides is 1. The Bertz CT molecular complexity index is 847. The quantitative estimate of drug-likeness (QED) is 0.764. The minimum atomic E-state index is -0.191. The van der Waals surface area contributed by atoms with E-state index in [2.05, 4.69) is 10.4 Å². The van der Waals surface area contributed by atoms with E-state index in [1.54, 1.807) is 10.9 Å². The van der Waals surface area contributed by atoms with Crippen molar-refractivity contribution in [2.24, 2.45) is 7.05 Å². The van der Waals surface area contributed by atoms with E-state index in [0.717, 1.165) is 21.3 Å². The van der Waals surface area contributed by atoms with Crippen molar-refractivity contribution in [1.82, 2.24) is 9.78 Å². The molecule has 0 unspecified atom stereocenters. The van der Waals surface area contributed by atoms with E-state index in [-0.39, 0.29) is 5.91 Å². The molecule has 1 aromatic carbocycles. The Labute approximate surface area is 126 Å². The molecule has 0 fully saturated rings. The number of nitrogens with zero attached hydrogens (tertiary/aromatic N) is 2. The first kappa shape index (κ1) is 13.6. The molecule has 2 heterocycles. The third-order valence-electron chi connectivity index (χ3n) is 3.42. The van der Waals surface area contributed by atoms with Crippen molar-refractivity contribution in [2.45, 2.75) is 13.8 Å². The molecule has 0 aliphatic rings. The number of rotatable bonds is 2. The molecule has 3 rings (SSSR count). The van der Waals surface area contributed by atoms with Gasteiger partial charge in [0.1, 0.15) is 4.88 Å². The van der Waals surface area contributed by atoms with Gasteiger partial charge in [0.15, 0.2) is 0 Å². The van der Waals surface area contributed by atoms with Gasteiger partial charge in [-0.3, -0.25) is 9.48 Å². The van der Waals surface area contributed by atoms with Gasteiger partial charge in [0.25, 0.3) is 5.91 Å². The van der Waals surface area contributed by atoms with Crippen molar-refractivity contribution in [2.75, 3.05) is 11.1 Å². The second kappa shape index (κ2) is 4.89. The average Bonchev–Trinajstić information content (AvgIpc) is 2.92. The molecule has 5 nitrogen and oxygen atoms in total. The summed E-state index contributed by atoms with van der Waals surface area (Å²) in [6.07, 6.45) is 1.78. The predicted octanol–water partition coefficient (Wildman–Crippen LogP) is 3.09. The van der Waals surface area contributed by atoms with Gasteiger partial charge in [-0.2, -0.15) is 5.10 Å². The lowest BCUT2D eigenvalue weighted by Gasteiger charge is -2.02. The number of aryl methyl sites for hydroxylation is 3. The number of hydrogen-bond acceptors (Lipinski definition) is 4. The summed E-state index contributed by atoms with van der Waals surface area (Å²) in [5.74, 6) is -0.191. The standard InChI is InChI=1S/C15H16N4OS/c1-8-5-4-6-10-12(16)14(21-13(8)10)15(20)17-11-7-19(3)18-9(11)2/h4-7H,16H2,1-3H3,(H,17,20). The van der Waals surface area contributed by atoms with Gasteiger partial charge in [0.2, 0.25) is 0 Å². The molecule has 0 saturated heterocycles. The summed E-state index contributed by atoms with van der Waals surface area (Å²) in [6, 6.07) is 5.92. The molecule has 0 bridgehead atoms. The van der Waals surface area contributed by atoms with E-state index < -0.39 is 0 Å². The van der Waals surface area contributed by atoms with Crippen molar-refractivity contribution >= 4 is 38.7 Å². The van der Waals surface area contributed by atoms with E-state index in [4.69, 9.17) is 5.73 Å². The fourth-order valence-electron chi connectivity index (χ4n) is 2.35. The number of anilines is 2. The zero-order chi connectivity index (χ0) is 15.1. The lowest BCUT2D eigenvalue weighted by molar-refractivity contribution is 0.103. The normalized spacial score (nSPS) is 11.0. The minimum absolute atomic E-state index is 0.191. The third-order valence-corrected chi connectivity index (χ3v) is 4.77. The van der Waals surface area contributed by atoms with Gasteiger partial charge in [-0.05, 0) is 19.4 Å². The highest BCUT2D eigenvalue weighted by molar-refractivity contribution is 7.21. The second-order valence-electron chi connectivity index (χ2n) is 5.05. The SMILES string of the molecule is Cc1nn(C)cc1NC(=O)c1sc2c(C)cccc2c1N. The molecule has 108 valence electrons. The van der Waals surface area contributed by atoms with Gasteiger partial charge in [0.05, 0.1) is 17.1 Å². The molecule has 0 aliphatic carbocycles. The number of hydrogen-bond donors (Lipinski definition) is 2. The molecule has 6 heteroatoms. The van der Waals surface area contributed by atoms with E-state index in [9.17, 15) is 4.79 Å². The second-order valence-corrected chi connectivity index (χ2v) is 6.07. The molecule has 0 radical (unpaired) electrons. The van der Waals surface area contributed by atoms with Gasteiger partial charge in [-0.15, -0.1) is 11.3 Å². The molecule has 3 N–H and O–H groups in total. The van der Waals surface area contributed by atoms with Crippen LogP contribution in [-0.2, 0) is 7.05 Å². The van der Waals surface area contributed by atoms with Crippen LogP contribution in [0.4, 0.5) is 11.4 Å². The van der Waals surface area contributed by atoms with Crippen LogP contribution in [0, 0.1) is 13.8 Å². The predicted molar refractivity (Wildman–Crippen MR) is 86.9 cm³/mol. The average molecular weight is 300 g/mol. The van der Waals surface area contributed by atoms with Crippen LogP contribution in [-0.4, -0.2) is 15.7 Å². The molecule has 0 aliphatic heterocycles. The number of nitrogens with one attached hydrogen (secondary N) is 1. The number of thiophene rings is 1. The highest BCUT2D eigenvalue weighted by Gasteiger charge is 2.18. The van der Waals surface area contributed by atoms with Crippen LogP contribution in [0.1, 0.15) is 20.9 Å². The van der Waals surface area contributed by atoms with Crippen molar-refractivity contribution < 1.29 is 4.79 Å². The molecule has 1 amide bonds. The van der Waals surface area contributed by atoms with Crippen molar-refractivity contribution in [3.8, 4) is 0 Å². The molecule has 0 saturated carbocycles.